The third kappa shape index (κ3) is 3.55. The SMILES string of the molecule is Cc1cc(C)cc(C(=O)N2CCN(C(=O)C3CCCO3)CC2)c1. The summed E-state index contributed by atoms with van der Waals surface area (Å²) in [6.45, 7) is 7.05. The van der Waals surface area contributed by atoms with E-state index in [0.29, 0.717) is 32.8 Å². The Morgan fingerprint density at radius 3 is 2.17 bits per heavy atom. The second-order valence-corrected chi connectivity index (χ2v) is 6.50. The molecule has 3 rings (SSSR count). The molecule has 1 atom stereocenters. The minimum atomic E-state index is -0.267. The van der Waals surface area contributed by atoms with Gasteiger partial charge in [-0.25, -0.2) is 0 Å². The monoisotopic (exact) mass is 316 g/mol. The summed E-state index contributed by atoms with van der Waals surface area (Å²) >= 11 is 0. The molecule has 0 bridgehead atoms. The third-order valence-corrected chi connectivity index (χ3v) is 4.55. The molecule has 0 N–H and O–H groups in total. The number of nitrogens with zero attached hydrogens (tertiary/aromatic N) is 2. The number of ether oxygens (including phenoxy) is 1. The molecule has 23 heavy (non-hydrogen) atoms. The molecule has 2 aliphatic rings. The Labute approximate surface area is 137 Å². The van der Waals surface area contributed by atoms with Crippen LogP contribution in [0, 0.1) is 13.8 Å². The van der Waals surface area contributed by atoms with Crippen LogP contribution in [0.15, 0.2) is 18.2 Å². The molecule has 2 amide bonds. The van der Waals surface area contributed by atoms with Gasteiger partial charge in [0.25, 0.3) is 11.8 Å². The molecule has 2 heterocycles. The molecule has 1 aromatic carbocycles. The van der Waals surface area contributed by atoms with Gasteiger partial charge in [0.2, 0.25) is 0 Å². The zero-order chi connectivity index (χ0) is 16.4. The highest BCUT2D eigenvalue weighted by atomic mass is 16.5. The Morgan fingerprint density at radius 1 is 1.00 bits per heavy atom. The average Bonchev–Trinajstić information content (AvgIpc) is 3.07. The van der Waals surface area contributed by atoms with Crippen LogP contribution in [-0.4, -0.2) is 60.5 Å². The summed E-state index contributed by atoms with van der Waals surface area (Å²) in [6.07, 6.45) is 1.51. The number of carbonyl (C=O) groups excluding carboxylic acids is 2. The van der Waals surface area contributed by atoms with Crippen LogP contribution in [0.3, 0.4) is 0 Å². The first-order valence-electron chi connectivity index (χ1n) is 8.32. The van der Waals surface area contributed by atoms with E-state index in [1.54, 1.807) is 0 Å². The molecule has 5 heteroatoms. The normalized spacial score (nSPS) is 21.6. The molecule has 0 saturated carbocycles. The molecule has 2 aliphatic heterocycles. The van der Waals surface area contributed by atoms with E-state index < -0.39 is 0 Å². The van der Waals surface area contributed by atoms with Crippen LogP contribution in [0.2, 0.25) is 0 Å². The minimum absolute atomic E-state index is 0.0565. The number of hydrogen-bond donors (Lipinski definition) is 0. The van der Waals surface area contributed by atoms with Crippen LogP contribution < -0.4 is 0 Å². The van der Waals surface area contributed by atoms with Crippen molar-refractivity contribution in [2.24, 2.45) is 0 Å². The van der Waals surface area contributed by atoms with Crippen molar-refractivity contribution in [2.75, 3.05) is 32.8 Å². The van der Waals surface area contributed by atoms with E-state index in [1.807, 2.05) is 35.8 Å². The molecular weight excluding hydrogens is 292 g/mol. The quantitative estimate of drug-likeness (QED) is 0.835. The highest BCUT2D eigenvalue weighted by Gasteiger charge is 2.31. The Balaban J connectivity index is 1.59. The summed E-state index contributed by atoms with van der Waals surface area (Å²) in [4.78, 5) is 28.6. The Morgan fingerprint density at radius 2 is 1.61 bits per heavy atom. The van der Waals surface area contributed by atoms with E-state index in [0.717, 1.165) is 29.5 Å². The largest absolute Gasteiger partial charge is 0.368 e. The second-order valence-electron chi connectivity index (χ2n) is 6.50. The first kappa shape index (κ1) is 16.0. The number of aryl methyl sites for hydroxylation is 2. The lowest BCUT2D eigenvalue weighted by Crippen LogP contribution is -2.52. The summed E-state index contributed by atoms with van der Waals surface area (Å²) in [5.74, 6) is 0.141. The number of hydrogen-bond acceptors (Lipinski definition) is 3. The van der Waals surface area contributed by atoms with E-state index in [1.165, 1.54) is 0 Å². The fourth-order valence-corrected chi connectivity index (χ4v) is 3.39. The van der Waals surface area contributed by atoms with Gasteiger partial charge in [0.15, 0.2) is 0 Å². The van der Waals surface area contributed by atoms with Gasteiger partial charge in [-0.15, -0.1) is 0 Å². The van der Waals surface area contributed by atoms with Crippen LogP contribution in [-0.2, 0) is 9.53 Å². The van der Waals surface area contributed by atoms with Gasteiger partial charge in [-0.2, -0.15) is 0 Å². The van der Waals surface area contributed by atoms with Crippen molar-refractivity contribution >= 4 is 11.8 Å². The highest BCUT2D eigenvalue weighted by molar-refractivity contribution is 5.94. The molecule has 0 spiro atoms. The molecule has 0 aliphatic carbocycles. The standard InChI is InChI=1S/C18H24N2O3/c1-13-10-14(2)12-15(11-13)17(21)19-5-7-20(8-6-19)18(22)16-4-3-9-23-16/h10-12,16H,3-9H2,1-2H3. The first-order valence-corrected chi connectivity index (χ1v) is 8.32. The number of rotatable bonds is 2. The van der Waals surface area contributed by atoms with Crippen molar-refractivity contribution in [1.29, 1.82) is 0 Å². The lowest BCUT2D eigenvalue weighted by molar-refractivity contribution is -0.142. The molecule has 0 aromatic heterocycles. The lowest BCUT2D eigenvalue weighted by atomic mass is 10.1. The molecular formula is C18H24N2O3. The lowest BCUT2D eigenvalue weighted by Gasteiger charge is -2.35. The summed E-state index contributed by atoms with van der Waals surface area (Å²) in [7, 11) is 0. The van der Waals surface area contributed by atoms with Crippen LogP contribution in [0.25, 0.3) is 0 Å². The second kappa shape index (κ2) is 6.71. The smallest absolute Gasteiger partial charge is 0.253 e. The number of carbonyl (C=O) groups is 2. The average molecular weight is 316 g/mol. The van der Waals surface area contributed by atoms with Crippen molar-refractivity contribution < 1.29 is 14.3 Å². The van der Waals surface area contributed by atoms with Gasteiger partial charge in [-0.3, -0.25) is 9.59 Å². The number of piperazine rings is 1. The van der Waals surface area contributed by atoms with Gasteiger partial charge < -0.3 is 14.5 Å². The number of benzene rings is 1. The van der Waals surface area contributed by atoms with Crippen LogP contribution in [0.4, 0.5) is 0 Å². The molecule has 5 nitrogen and oxygen atoms in total. The Bertz CT molecular complexity index is 580. The van der Waals surface area contributed by atoms with Crippen molar-refractivity contribution in [2.45, 2.75) is 32.8 Å². The van der Waals surface area contributed by atoms with Crippen LogP contribution in [0.1, 0.15) is 34.3 Å². The van der Waals surface area contributed by atoms with E-state index in [9.17, 15) is 9.59 Å². The van der Waals surface area contributed by atoms with Crippen molar-refractivity contribution in [3.63, 3.8) is 0 Å². The van der Waals surface area contributed by atoms with Crippen molar-refractivity contribution in [3.8, 4) is 0 Å². The van der Waals surface area contributed by atoms with Crippen molar-refractivity contribution in [1.82, 2.24) is 9.80 Å². The maximum Gasteiger partial charge on any atom is 0.253 e. The molecule has 2 fully saturated rings. The molecule has 2 saturated heterocycles. The summed E-state index contributed by atoms with van der Waals surface area (Å²) in [6, 6.07) is 5.92. The summed E-state index contributed by atoms with van der Waals surface area (Å²) in [5.41, 5.74) is 2.93. The topological polar surface area (TPSA) is 49.9 Å². The predicted molar refractivity (Wildman–Crippen MR) is 87.4 cm³/mol. The molecule has 1 unspecified atom stereocenters. The van der Waals surface area contributed by atoms with Crippen LogP contribution >= 0.6 is 0 Å². The zero-order valence-electron chi connectivity index (χ0n) is 13.9. The van der Waals surface area contributed by atoms with Gasteiger partial charge in [0.05, 0.1) is 0 Å². The van der Waals surface area contributed by atoms with Gasteiger partial charge >= 0.3 is 0 Å². The van der Waals surface area contributed by atoms with Gasteiger partial charge in [-0.1, -0.05) is 17.2 Å². The molecule has 0 radical (unpaired) electrons. The zero-order valence-corrected chi connectivity index (χ0v) is 13.9. The first-order chi connectivity index (χ1) is 11.0. The van der Waals surface area contributed by atoms with Gasteiger partial charge in [0.1, 0.15) is 6.10 Å². The van der Waals surface area contributed by atoms with E-state index in [2.05, 4.69) is 6.07 Å². The van der Waals surface area contributed by atoms with Crippen LogP contribution in [0.5, 0.6) is 0 Å². The van der Waals surface area contributed by atoms with E-state index in [-0.39, 0.29) is 17.9 Å². The Hall–Kier alpha value is -1.88. The molecule has 124 valence electrons. The van der Waals surface area contributed by atoms with Crippen molar-refractivity contribution in [3.05, 3.63) is 34.9 Å². The maximum atomic E-state index is 12.6. The van der Waals surface area contributed by atoms with E-state index in [4.69, 9.17) is 4.74 Å². The maximum absolute atomic E-state index is 12.6. The fraction of sp³-hybridized carbons (Fsp3) is 0.556. The molecule has 1 aromatic rings. The summed E-state index contributed by atoms with van der Waals surface area (Å²) in [5, 5.41) is 0. The third-order valence-electron chi connectivity index (χ3n) is 4.55. The van der Waals surface area contributed by atoms with E-state index >= 15 is 0 Å². The van der Waals surface area contributed by atoms with Gasteiger partial charge in [-0.05, 0) is 38.8 Å². The summed E-state index contributed by atoms with van der Waals surface area (Å²) < 4.78 is 5.47. The minimum Gasteiger partial charge on any atom is -0.368 e. The predicted octanol–water partition coefficient (Wildman–Crippen LogP) is 1.77. The highest BCUT2D eigenvalue weighted by Crippen LogP contribution is 2.17. The fourth-order valence-electron chi connectivity index (χ4n) is 3.39. The Kier molecular flexibility index (Phi) is 4.66. The number of amides is 2. The van der Waals surface area contributed by atoms with Gasteiger partial charge in [0, 0.05) is 38.3 Å².